The number of nitrogen functional groups attached to an aromatic ring is 1. The van der Waals surface area contributed by atoms with Gasteiger partial charge in [0, 0.05) is 6.07 Å². The van der Waals surface area contributed by atoms with Crippen LogP contribution in [0.25, 0.3) is 0 Å². The quantitative estimate of drug-likeness (QED) is 0.562. The Balaban J connectivity index is 2.31. The van der Waals surface area contributed by atoms with Crippen molar-refractivity contribution in [3.63, 3.8) is 0 Å². The molecule has 0 heterocycles. The van der Waals surface area contributed by atoms with Gasteiger partial charge in [0.2, 0.25) is 0 Å². The number of rotatable bonds is 6. The van der Waals surface area contributed by atoms with Gasteiger partial charge in [0.05, 0.1) is 18.0 Å². The van der Waals surface area contributed by atoms with Crippen molar-refractivity contribution in [3.05, 3.63) is 48.5 Å². The first-order valence-corrected chi connectivity index (χ1v) is 7.86. The van der Waals surface area contributed by atoms with Crippen LogP contribution in [0.4, 0.5) is 11.4 Å². The van der Waals surface area contributed by atoms with Gasteiger partial charge in [-0.1, -0.05) is 18.2 Å². The Morgan fingerprint density at radius 1 is 1.14 bits per heavy atom. The number of nitrogens with two attached hydrogens (primary N) is 1. The Hall–Kier alpha value is -2.25. The predicted molar refractivity (Wildman–Crippen MR) is 82.7 cm³/mol. The highest BCUT2D eigenvalue weighted by Crippen LogP contribution is 2.24. The number of benzene rings is 2. The number of hydrogen-bond acceptors (Lipinski definition) is 5. The molecule has 2 rings (SSSR count). The first kappa shape index (κ1) is 15.1. The van der Waals surface area contributed by atoms with Crippen molar-refractivity contribution >= 4 is 21.4 Å². The standard InChI is InChI=1S/C14H17N3O3S/c1-2-20-12-7-5-6-11(10-12)17-21(18,19)14-9-4-3-8-13(14)16-15/h3-10,16-17H,2,15H2,1H3. The van der Waals surface area contributed by atoms with Crippen LogP contribution in [0.1, 0.15) is 6.92 Å². The van der Waals surface area contributed by atoms with Crippen LogP contribution in [0.3, 0.4) is 0 Å². The lowest BCUT2D eigenvalue weighted by Crippen LogP contribution is -2.17. The number of ether oxygens (including phenoxy) is 1. The molecule has 0 aliphatic rings. The number of nitrogens with one attached hydrogen (secondary N) is 2. The Kier molecular flexibility index (Phi) is 4.66. The zero-order chi connectivity index (χ0) is 15.3. The van der Waals surface area contributed by atoms with Crippen molar-refractivity contribution in [3.8, 4) is 5.75 Å². The lowest BCUT2D eigenvalue weighted by molar-refractivity contribution is 0.340. The fraction of sp³-hybridized carbons (Fsp3) is 0.143. The van der Waals surface area contributed by atoms with E-state index >= 15 is 0 Å². The van der Waals surface area contributed by atoms with Crippen molar-refractivity contribution in [1.29, 1.82) is 0 Å². The molecule has 0 atom stereocenters. The van der Waals surface area contributed by atoms with Crippen molar-refractivity contribution in [2.75, 3.05) is 16.8 Å². The molecule has 0 fully saturated rings. The number of hydrogen-bond donors (Lipinski definition) is 3. The monoisotopic (exact) mass is 307 g/mol. The Labute approximate surface area is 124 Å². The summed E-state index contributed by atoms with van der Waals surface area (Å²) >= 11 is 0. The van der Waals surface area contributed by atoms with E-state index in [1.807, 2.05) is 6.92 Å². The summed E-state index contributed by atoms with van der Waals surface area (Å²) in [5, 5.41) is 0. The lowest BCUT2D eigenvalue weighted by atomic mass is 10.3. The maximum absolute atomic E-state index is 12.4. The first-order valence-electron chi connectivity index (χ1n) is 6.38. The van der Waals surface area contributed by atoms with Crippen LogP contribution in [0.15, 0.2) is 53.4 Å². The van der Waals surface area contributed by atoms with Crippen LogP contribution in [0.5, 0.6) is 5.75 Å². The molecule has 7 heteroatoms. The van der Waals surface area contributed by atoms with Crippen LogP contribution in [0, 0.1) is 0 Å². The average Bonchev–Trinajstić information content (AvgIpc) is 2.47. The highest BCUT2D eigenvalue weighted by atomic mass is 32.2. The zero-order valence-corrected chi connectivity index (χ0v) is 12.4. The second-order valence-corrected chi connectivity index (χ2v) is 5.86. The smallest absolute Gasteiger partial charge is 0.264 e. The van der Waals surface area contributed by atoms with E-state index in [4.69, 9.17) is 10.6 Å². The van der Waals surface area contributed by atoms with Gasteiger partial charge in [-0.15, -0.1) is 0 Å². The van der Waals surface area contributed by atoms with Crippen molar-refractivity contribution in [2.24, 2.45) is 5.84 Å². The normalized spacial score (nSPS) is 11.0. The van der Waals surface area contributed by atoms with Crippen molar-refractivity contribution < 1.29 is 13.2 Å². The molecule has 2 aromatic carbocycles. The summed E-state index contributed by atoms with van der Waals surface area (Å²) in [7, 11) is -3.74. The highest BCUT2D eigenvalue weighted by molar-refractivity contribution is 7.92. The fourth-order valence-corrected chi connectivity index (χ4v) is 3.07. The third kappa shape index (κ3) is 3.65. The SMILES string of the molecule is CCOc1cccc(NS(=O)(=O)c2ccccc2NN)c1. The van der Waals surface area contributed by atoms with Crippen LogP contribution in [-0.2, 0) is 10.0 Å². The summed E-state index contributed by atoms with van der Waals surface area (Å²) in [6, 6.07) is 13.1. The van der Waals surface area contributed by atoms with Gasteiger partial charge in [0.1, 0.15) is 10.6 Å². The molecular formula is C14H17N3O3S. The number of para-hydroxylation sites is 1. The second kappa shape index (κ2) is 6.47. The van der Waals surface area contributed by atoms with E-state index in [0.29, 0.717) is 23.7 Å². The Bertz CT molecular complexity index is 717. The second-order valence-electron chi connectivity index (χ2n) is 4.21. The van der Waals surface area contributed by atoms with E-state index in [1.54, 1.807) is 42.5 Å². The minimum atomic E-state index is -3.74. The molecule has 0 amide bonds. The van der Waals surface area contributed by atoms with Crippen molar-refractivity contribution in [1.82, 2.24) is 0 Å². The topological polar surface area (TPSA) is 93.4 Å². The van der Waals surface area contributed by atoms with Gasteiger partial charge in [0.15, 0.2) is 0 Å². The largest absolute Gasteiger partial charge is 0.494 e. The molecule has 2 aromatic rings. The Morgan fingerprint density at radius 2 is 1.90 bits per heavy atom. The molecule has 112 valence electrons. The van der Waals surface area contributed by atoms with E-state index in [9.17, 15) is 8.42 Å². The highest BCUT2D eigenvalue weighted by Gasteiger charge is 2.18. The third-order valence-electron chi connectivity index (χ3n) is 2.73. The number of anilines is 2. The summed E-state index contributed by atoms with van der Waals surface area (Å²) in [6.45, 7) is 2.37. The Morgan fingerprint density at radius 3 is 2.62 bits per heavy atom. The molecule has 0 saturated heterocycles. The average molecular weight is 307 g/mol. The molecule has 6 nitrogen and oxygen atoms in total. The predicted octanol–water partition coefficient (Wildman–Crippen LogP) is 2.17. The molecule has 0 radical (unpaired) electrons. The van der Waals surface area contributed by atoms with Gasteiger partial charge in [-0.05, 0) is 31.2 Å². The summed E-state index contributed by atoms with van der Waals surface area (Å²) in [5.41, 5.74) is 3.12. The van der Waals surface area contributed by atoms with E-state index < -0.39 is 10.0 Å². The maximum Gasteiger partial charge on any atom is 0.264 e. The molecule has 0 spiro atoms. The van der Waals surface area contributed by atoms with E-state index in [2.05, 4.69) is 10.1 Å². The zero-order valence-electron chi connectivity index (χ0n) is 11.5. The molecule has 0 aliphatic carbocycles. The maximum atomic E-state index is 12.4. The first-order chi connectivity index (χ1) is 10.1. The van der Waals surface area contributed by atoms with Gasteiger partial charge in [-0.3, -0.25) is 10.6 Å². The van der Waals surface area contributed by atoms with Crippen LogP contribution < -0.4 is 20.7 Å². The third-order valence-corrected chi connectivity index (χ3v) is 4.17. The molecule has 0 saturated carbocycles. The molecule has 0 unspecified atom stereocenters. The fourth-order valence-electron chi connectivity index (χ4n) is 1.85. The van der Waals surface area contributed by atoms with Crippen LogP contribution in [-0.4, -0.2) is 15.0 Å². The van der Waals surface area contributed by atoms with Gasteiger partial charge < -0.3 is 10.2 Å². The van der Waals surface area contributed by atoms with Gasteiger partial charge in [0.25, 0.3) is 10.0 Å². The molecule has 21 heavy (non-hydrogen) atoms. The molecule has 0 bridgehead atoms. The van der Waals surface area contributed by atoms with Crippen LogP contribution >= 0.6 is 0 Å². The molecule has 0 aromatic heterocycles. The summed E-state index contributed by atoms with van der Waals surface area (Å²) in [5.74, 6) is 5.94. The van der Waals surface area contributed by atoms with Crippen molar-refractivity contribution in [2.45, 2.75) is 11.8 Å². The summed E-state index contributed by atoms with van der Waals surface area (Å²) in [6.07, 6.45) is 0. The minimum Gasteiger partial charge on any atom is -0.494 e. The van der Waals surface area contributed by atoms with Gasteiger partial charge in [-0.25, -0.2) is 8.42 Å². The van der Waals surface area contributed by atoms with Gasteiger partial charge in [-0.2, -0.15) is 0 Å². The van der Waals surface area contributed by atoms with Crippen LogP contribution in [0.2, 0.25) is 0 Å². The molecule has 4 N–H and O–H groups in total. The number of sulfonamides is 1. The number of hydrazine groups is 1. The minimum absolute atomic E-state index is 0.0781. The van der Waals surface area contributed by atoms with Gasteiger partial charge >= 0.3 is 0 Å². The molecule has 0 aliphatic heterocycles. The summed E-state index contributed by atoms with van der Waals surface area (Å²) < 4.78 is 32.7. The van der Waals surface area contributed by atoms with E-state index in [1.165, 1.54) is 6.07 Å². The summed E-state index contributed by atoms with van der Waals surface area (Å²) in [4.78, 5) is 0.0781. The lowest BCUT2D eigenvalue weighted by Gasteiger charge is -2.12. The molecular weight excluding hydrogens is 290 g/mol. The van der Waals surface area contributed by atoms with E-state index in [0.717, 1.165) is 0 Å². The van der Waals surface area contributed by atoms with E-state index in [-0.39, 0.29) is 4.90 Å².